The van der Waals surface area contributed by atoms with Crippen LogP contribution in [0.15, 0.2) is 6.07 Å². The van der Waals surface area contributed by atoms with Gasteiger partial charge in [0.05, 0.1) is 19.3 Å². The minimum Gasteiger partial charge on any atom is -0.383 e. The van der Waals surface area contributed by atoms with E-state index in [1.165, 1.54) is 0 Å². The average Bonchev–Trinajstić information content (AvgIpc) is 2.47. The number of anilines is 2. The van der Waals surface area contributed by atoms with Crippen LogP contribution in [-0.2, 0) is 15.9 Å². The molecule has 0 saturated carbocycles. The molecule has 0 radical (unpaired) electrons. The molecule has 0 aliphatic carbocycles. The van der Waals surface area contributed by atoms with Gasteiger partial charge < -0.3 is 19.7 Å². The first-order valence-corrected chi connectivity index (χ1v) is 6.96. The van der Waals surface area contributed by atoms with Gasteiger partial charge in [0.25, 0.3) is 0 Å². The highest BCUT2D eigenvalue weighted by atomic mass is 16.5. The van der Waals surface area contributed by atoms with Crippen LogP contribution in [0.1, 0.15) is 19.7 Å². The van der Waals surface area contributed by atoms with Crippen molar-refractivity contribution in [1.29, 1.82) is 0 Å². The molecule has 0 aromatic carbocycles. The molecule has 1 aromatic rings. The first-order chi connectivity index (χ1) is 9.65. The Morgan fingerprint density at radius 1 is 1.30 bits per heavy atom. The van der Waals surface area contributed by atoms with Crippen LogP contribution in [0.25, 0.3) is 0 Å². The largest absolute Gasteiger partial charge is 0.383 e. The van der Waals surface area contributed by atoms with Gasteiger partial charge in [-0.1, -0.05) is 6.92 Å². The fourth-order valence-corrected chi connectivity index (χ4v) is 2.00. The van der Waals surface area contributed by atoms with Gasteiger partial charge in [-0.3, -0.25) is 0 Å². The van der Waals surface area contributed by atoms with E-state index in [1.807, 2.05) is 13.1 Å². The maximum absolute atomic E-state index is 5.26. The lowest BCUT2D eigenvalue weighted by Crippen LogP contribution is -2.39. The topological polar surface area (TPSA) is 59.5 Å². The van der Waals surface area contributed by atoms with Crippen LogP contribution in [-0.4, -0.2) is 57.0 Å². The summed E-state index contributed by atoms with van der Waals surface area (Å²) in [5.41, 5.74) is 0. The Kier molecular flexibility index (Phi) is 7.25. The number of nitrogens with zero attached hydrogens (tertiary/aromatic N) is 3. The van der Waals surface area contributed by atoms with Gasteiger partial charge in [0.1, 0.15) is 17.5 Å². The first kappa shape index (κ1) is 16.7. The van der Waals surface area contributed by atoms with Crippen LogP contribution in [0.4, 0.5) is 11.6 Å². The van der Waals surface area contributed by atoms with Gasteiger partial charge in [-0.15, -0.1) is 0 Å². The second kappa shape index (κ2) is 8.71. The van der Waals surface area contributed by atoms with Gasteiger partial charge in [-0.05, 0) is 6.92 Å². The van der Waals surface area contributed by atoms with Gasteiger partial charge in [0.15, 0.2) is 0 Å². The Balaban J connectivity index is 3.04. The molecule has 20 heavy (non-hydrogen) atoms. The lowest BCUT2D eigenvalue weighted by Gasteiger charge is -2.30. The van der Waals surface area contributed by atoms with E-state index in [-0.39, 0.29) is 6.04 Å². The van der Waals surface area contributed by atoms with Crippen molar-refractivity contribution in [2.45, 2.75) is 26.3 Å². The molecule has 0 amide bonds. The molecule has 0 bridgehead atoms. The van der Waals surface area contributed by atoms with Gasteiger partial charge in [-0.25, -0.2) is 9.97 Å². The van der Waals surface area contributed by atoms with Gasteiger partial charge in [0, 0.05) is 40.3 Å². The molecule has 1 atom stereocenters. The smallest absolute Gasteiger partial charge is 0.134 e. The molecule has 1 N–H and O–H groups in total. The third-order valence-electron chi connectivity index (χ3n) is 3.10. The van der Waals surface area contributed by atoms with E-state index >= 15 is 0 Å². The minimum absolute atomic E-state index is 0.222. The van der Waals surface area contributed by atoms with Crippen LogP contribution in [0.5, 0.6) is 0 Å². The summed E-state index contributed by atoms with van der Waals surface area (Å²) < 4.78 is 10.5. The van der Waals surface area contributed by atoms with Crippen LogP contribution in [0.3, 0.4) is 0 Å². The maximum Gasteiger partial charge on any atom is 0.134 e. The number of hydrogen-bond donors (Lipinski definition) is 1. The fraction of sp³-hybridized carbons (Fsp3) is 0.714. The molecule has 0 aliphatic rings. The van der Waals surface area contributed by atoms with Crippen molar-refractivity contribution in [3.8, 4) is 0 Å². The molecule has 0 fully saturated rings. The van der Waals surface area contributed by atoms with E-state index in [9.17, 15) is 0 Å². The summed E-state index contributed by atoms with van der Waals surface area (Å²) in [6, 6.07) is 2.18. The van der Waals surface area contributed by atoms with E-state index in [2.05, 4.69) is 34.0 Å². The highest BCUT2D eigenvalue weighted by Crippen LogP contribution is 2.18. The van der Waals surface area contributed by atoms with Crippen LogP contribution in [0.2, 0.25) is 0 Å². The summed E-state index contributed by atoms with van der Waals surface area (Å²) in [5.74, 6) is 2.57. The molecule has 0 saturated heterocycles. The molecule has 114 valence electrons. The average molecular weight is 282 g/mol. The second-order valence-electron chi connectivity index (χ2n) is 4.62. The summed E-state index contributed by atoms with van der Waals surface area (Å²) in [4.78, 5) is 11.2. The highest BCUT2D eigenvalue weighted by molar-refractivity contribution is 5.49. The van der Waals surface area contributed by atoms with E-state index in [0.717, 1.165) is 30.4 Å². The van der Waals surface area contributed by atoms with E-state index in [4.69, 9.17) is 9.47 Å². The van der Waals surface area contributed by atoms with Crippen molar-refractivity contribution in [2.75, 3.05) is 51.2 Å². The Morgan fingerprint density at radius 2 is 2.05 bits per heavy atom. The fourth-order valence-electron chi connectivity index (χ4n) is 2.00. The van der Waals surface area contributed by atoms with Crippen LogP contribution in [0, 0.1) is 0 Å². The zero-order valence-electron chi connectivity index (χ0n) is 13.1. The zero-order chi connectivity index (χ0) is 15.0. The molecule has 1 heterocycles. The number of hydrogen-bond acceptors (Lipinski definition) is 6. The molecule has 0 spiro atoms. The normalized spacial score (nSPS) is 12.2. The summed E-state index contributed by atoms with van der Waals surface area (Å²) in [7, 11) is 5.28. The molecule has 6 nitrogen and oxygen atoms in total. The van der Waals surface area contributed by atoms with Crippen molar-refractivity contribution in [3.63, 3.8) is 0 Å². The number of nitrogens with one attached hydrogen (secondary N) is 1. The SMILES string of the molecule is CCc1nc(NC)cc(N(CCOC)C(C)COC)n1. The third-order valence-corrected chi connectivity index (χ3v) is 3.10. The monoisotopic (exact) mass is 282 g/mol. The zero-order valence-corrected chi connectivity index (χ0v) is 13.1. The van der Waals surface area contributed by atoms with Gasteiger partial charge in [0.2, 0.25) is 0 Å². The highest BCUT2D eigenvalue weighted by Gasteiger charge is 2.17. The van der Waals surface area contributed by atoms with Gasteiger partial charge in [-0.2, -0.15) is 0 Å². The second-order valence-corrected chi connectivity index (χ2v) is 4.62. The van der Waals surface area contributed by atoms with E-state index in [0.29, 0.717) is 13.2 Å². The number of rotatable bonds is 9. The van der Waals surface area contributed by atoms with E-state index in [1.54, 1.807) is 14.2 Å². The predicted molar refractivity (Wildman–Crippen MR) is 81.5 cm³/mol. The minimum atomic E-state index is 0.222. The molecule has 1 rings (SSSR count). The number of aryl methyl sites for hydroxylation is 1. The maximum atomic E-state index is 5.26. The molecule has 1 aromatic heterocycles. The van der Waals surface area contributed by atoms with Crippen LogP contribution < -0.4 is 10.2 Å². The Labute approximate surface area is 121 Å². The Hall–Kier alpha value is -1.40. The van der Waals surface area contributed by atoms with Crippen molar-refractivity contribution in [2.24, 2.45) is 0 Å². The molecular weight excluding hydrogens is 256 g/mol. The lowest BCUT2D eigenvalue weighted by atomic mass is 10.2. The Morgan fingerprint density at radius 3 is 2.60 bits per heavy atom. The molecule has 1 unspecified atom stereocenters. The summed E-state index contributed by atoms with van der Waals surface area (Å²) >= 11 is 0. The quantitative estimate of drug-likeness (QED) is 0.742. The standard InChI is InChI=1S/C14H26N4O2/c1-6-12-16-13(15-3)9-14(17-12)18(7-8-19-4)11(2)10-20-5/h9,11H,6-8,10H2,1-5H3,(H,15,16,17). The summed E-state index contributed by atoms with van der Waals surface area (Å²) in [6.07, 6.45) is 0.805. The number of ether oxygens (including phenoxy) is 2. The number of aromatic nitrogens is 2. The lowest BCUT2D eigenvalue weighted by molar-refractivity contribution is 0.170. The Bertz CT molecular complexity index is 379. The van der Waals surface area contributed by atoms with Crippen molar-refractivity contribution >= 4 is 11.6 Å². The predicted octanol–water partition coefficient (Wildman–Crippen LogP) is 1.57. The van der Waals surface area contributed by atoms with Crippen molar-refractivity contribution in [1.82, 2.24) is 9.97 Å². The third kappa shape index (κ3) is 4.61. The molecule has 0 aliphatic heterocycles. The molecular formula is C14H26N4O2. The summed E-state index contributed by atoms with van der Waals surface area (Å²) in [5, 5.41) is 3.08. The summed E-state index contributed by atoms with van der Waals surface area (Å²) in [6.45, 7) is 6.23. The van der Waals surface area contributed by atoms with Crippen molar-refractivity contribution < 1.29 is 9.47 Å². The number of methoxy groups -OCH3 is 2. The van der Waals surface area contributed by atoms with E-state index < -0.39 is 0 Å². The van der Waals surface area contributed by atoms with Crippen molar-refractivity contribution in [3.05, 3.63) is 11.9 Å². The molecule has 6 heteroatoms. The van der Waals surface area contributed by atoms with Gasteiger partial charge >= 0.3 is 0 Å². The first-order valence-electron chi connectivity index (χ1n) is 6.96. The van der Waals surface area contributed by atoms with Crippen LogP contribution >= 0.6 is 0 Å².